The van der Waals surface area contributed by atoms with E-state index in [2.05, 4.69) is 46.4 Å². The van der Waals surface area contributed by atoms with Crippen LogP contribution in [0.15, 0.2) is 60.8 Å². The van der Waals surface area contributed by atoms with Gasteiger partial charge in [-0.15, -0.1) is 0 Å². The zero-order chi connectivity index (χ0) is 20.7. The Balaban J connectivity index is 1.42. The summed E-state index contributed by atoms with van der Waals surface area (Å²) < 4.78 is 25.9. The van der Waals surface area contributed by atoms with E-state index in [0.717, 1.165) is 23.5 Å². The third-order valence-corrected chi connectivity index (χ3v) is 8.08. The summed E-state index contributed by atoms with van der Waals surface area (Å²) in [6.45, 7) is 4.05. The van der Waals surface area contributed by atoms with Crippen LogP contribution in [0.5, 0.6) is 0 Å². The molecule has 1 aromatic heterocycles. The van der Waals surface area contributed by atoms with E-state index in [1.807, 2.05) is 30.3 Å². The van der Waals surface area contributed by atoms with Crippen LogP contribution in [0.1, 0.15) is 28.3 Å². The van der Waals surface area contributed by atoms with Gasteiger partial charge in [0.1, 0.15) is 0 Å². The van der Waals surface area contributed by atoms with Crippen molar-refractivity contribution in [3.63, 3.8) is 0 Å². The van der Waals surface area contributed by atoms with Gasteiger partial charge in [0.25, 0.3) is 0 Å². The number of fused-ring (bicyclic) bond motifs is 3. The molecule has 0 amide bonds. The van der Waals surface area contributed by atoms with Crippen molar-refractivity contribution in [2.45, 2.75) is 30.4 Å². The van der Waals surface area contributed by atoms with Crippen LogP contribution in [0.25, 0.3) is 0 Å². The lowest BCUT2D eigenvalue weighted by Crippen LogP contribution is -2.35. The molecular weight excluding hydrogens is 396 g/mol. The second-order valence-electron chi connectivity index (χ2n) is 8.23. The summed E-state index contributed by atoms with van der Waals surface area (Å²) in [5, 5.41) is 2.82. The van der Waals surface area contributed by atoms with Gasteiger partial charge >= 0.3 is 0 Å². The van der Waals surface area contributed by atoms with Crippen LogP contribution in [-0.2, 0) is 22.1 Å². The maximum atomic E-state index is 12.9. The summed E-state index contributed by atoms with van der Waals surface area (Å²) in [4.78, 5) is 11.4. The molecule has 6 nitrogen and oxygen atoms in total. The minimum absolute atomic E-state index is 0.0213. The molecule has 3 heterocycles. The lowest BCUT2D eigenvalue weighted by Gasteiger charge is -2.26. The Labute approximate surface area is 176 Å². The molecule has 30 heavy (non-hydrogen) atoms. The Bertz CT molecular complexity index is 1160. The van der Waals surface area contributed by atoms with E-state index in [0.29, 0.717) is 19.0 Å². The first-order valence-electron chi connectivity index (χ1n) is 10.2. The van der Waals surface area contributed by atoms with E-state index >= 15 is 0 Å². The zero-order valence-corrected chi connectivity index (χ0v) is 17.6. The van der Waals surface area contributed by atoms with Crippen LogP contribution in [0, 0.1) is 6.92 Å². The minimum atomic E-state index is -3.22. The summed E-state index contributed by atoms with van der Waals surface area (Å²) in [7, 11) is -3.22. The molecular formula is C23H24N4O2S. The van der Waals surface area contributed by atoms with Crippen LogP contribution < -0.4 is 5.32 Å². The van der Waals surface area contributed by atoms with Crippen molar-refractivity contribution in [1.82, 2.24) is 14.9 Å². The number of nitrogens with zero attached hydrogens (tertiary/aromatic N) is 3. The van der Waals surface area contributed by atoms with E-state index < -0.39 is 15.1 Å². The van der Waals surface area contributed by atoms with Crippen LogP contribution in [0.4, 0.5) is 11.6 Å². The number of hydrogen-bond acceptors (Lipinski definition) is 6. The highest BCUT2D eigenvalue weighted by Crippen LogP contribution is 2.40. The number of anilines is 2. The van der Waals surface area contributed by atoms with Gasteiger partial charge in [-0.2, -0.15) is 0 Å². The predicted octanol–water partition coefficient (Wildman–Crippen LogP) is 3.43. The number of benzene rings is 2. The first-order valence-corrected chi connectivity index (χ1v) is 11.9. The van der Waals surface area contributed by atoms with Gasteiger partial charge in [-0.25, -0.2) is 18.4 Å². The molecule has 2 aliphatic heterocycles. The molecule has 0 bridgehead atoms. The molecule has 1 saturated heterocycles. The topological polar surface area (TPSA) is 75.2 Å². The third-order valence-electron chi connectivity index (χ3n) is 5.97. The third kappa shape index (κ3) is 3.70. The molecule has 2 atom stereocenters. The number of hydrogen-bond donors (Lipinski definition) is 1. The first kappa shape index (κ1) is 19.2. The normalized spacial score (nSPS) is 22.3. The van der Waals surface area contributed by atoms with Crippen LogP contribution in [0.3, 0.4) is 0 Å². The Morgan fingerprint density at radius 2 is 1.83 bits per heavy atom. The second kappa shape index (κ2) is 7.49. The summed E-state index contributed by atoms with van der Waals surface area (Å²) in [6, 6.07) is 18.2. The van der Waals surface area contributed by atoms with Crippen molar-refractivity contribution in [3.05, 3.63) is 83.2 Å². The molecule has 0 spiro atoms. The predicted molar refractivity (Wildman–Crippen MR) is 117 cm³/mol. The standard InChI is InChI=1S/C23H24N4O2S/c1-16-7-9-17(10-8-16)12-27-13-20-21(14-27)30(28,29)15-18-11-24-23(26-22(18)20)25-19-5-3-2-4-6-19/h2-11,20-21H,12-15H2,1H3,(H,24,25,26)/t20-,21+/m0/s1. The van der Waals surface area contributed by atoms with E-state index in [4.69, 9.17) is 4.98 Å². The van der Waals surface area contributed by atoms with Crippen molar-refractivity contribution < 1.29 is 8.42 Å². The highest BCUT2D eigenvalue weighted by atomic mass is 32.2. The molecule has 1 fully saturated rings. The molecule has 2 aromatic carbocycles. The van der Waals surface area contributed by atoms with E-state index in [9.17, 15) is 8.42 Å². The molecule has 0 unspecified atom stereocenters. The molecule has 3 aromatic rings. The number of likely N-dealkylation sites (tertiary alicyclic amines) is 1. The van der Waals surface area contributed by atoms with Crippen LogP contribution >= 0.6 is 0 Å². The van der Waals surface area contributed by atoms with E-state index in [-0.39, 0.29) is 11.7 Å². The molecule has 0 radical (unpaired) electrons. The van der Waals surface area contributed by atoms with E-state index in [1.165, 1.54) is 11.1 Å². The van der Waals surface area contributed by atoms with Crippen molar-refractivity contribution in [1.29, 1.82) is 0 Å². The minimum Gasteiger partial charge on any atom is -0.324 e. The number of nitrogens with one attached hydrogen (secondary N) is 1. The fourth-order valence-corrected chi connectivity index (χ4v) is 6.47. The SMILES string of the molecule is Cc1ccc(CN2C[C@@H]3c4nc(Nc5ccccc5)ncc4CS(=O)(=O)[C@@H]3C2)cc1. The average Bonchev–Trinajstić information content (AvgIpc) is 3.16. The number of aryl methyl sites for hydroxylation is 1. The van der Waals surface area contributed by atoms with Gasteiger partial charge in [-0.05, 0) is 24.6 Å². The van der Waals surface area contributed by atoms with Gasteiger partial charge in [0.05, 0.1) is 16.7 Å². The molecule has 7 heteroatoms. The fourth-order valence-electron chi connectivity index (χ4n) is 4.45. The summed E-state index contributed by atoms with van der Waals surface area (Å²) in [6.07, 6.45) is 1.67. The zero-order valence-electron chi connectivity index (χ0n) is 16.8. The highest BCUT2D eigenvalue weighted by molar-refractivity contribution is 7.91. The quantitative estimate of drug-likeness (QED) is 0.697. The van der Waals surface area contributed by atoms with Gasteiger partial charge in [0, 0.05) is 43.0 Å². The fraction of sp³-hybridized carbons (Fsp3) is 0.304. The number of sulfone groups is 1. The Hall–Kier alpha value is -2.77. The van der Waals surface area contributed by atoms with Crippen molar-refractivity contribution in [2.75, 3.05) is 18.4 Å². The van der Waals surface area contributed by atoms with Gasteiger partial charge in [0.15, 0.2) is 9.84 Å². The largest absolute Gasteiger partial charge is 0.324 e. The molecule has 0 saturated carbocycles. The Kier molecular flexibility index (Phi) is 4.79. The molecule has 0 aliphatic carbocycles. The molecule has 5 rings (SSSR count). The maximum absolute atomic E-state index is 12.9. The van der Waals surface area contributed by atoms with Crippen LogP contribution in [-0.4, -0.2) is 41.6 Å². The lowest BCUT2D eigenvalue weighted by atomic mass is 10.00. The van der Waals surface area contributed by atoms with Gasteiger partial charge < -0.3 is 5.32 Å². The Morgan fingerprint density at radius 1 is 1.07 bits per heavy atom. The first-order chi connectivity index (χ1) is 14.5. The van der Waals surface area contributed by atoms with E-state index in [1.54, 1.807) is 6.20 Å². The van der Waals surface area contributed by atoms with Gasteiger partial charge in [0.2, 0.25) is 5.95 Å². The van der Waals surface area contributed by atoms with Gasteiger partial charge in [-0.3, -0.25) is 4.90 Å². The summed E-state index contributed by atoms with van der Waals surface area (Å²) in [5.74, 6) is 0.409. The molecule has 1 N–H and O–H groups in total. The number of para-hydroxylation sites is 1. The summed E-state index contributed by atoms with van der Waals surface area (Å²) in [5.41, 5.74) is 4.93. The van der Waals surface area contributed by atoms with Crippen LogP contribution in [0.2, 0.25) is 0 Å². The Morgan fingerprint density at radius 3 is 2.60 bits per heavy atom. The van der Waals surface area contributed by atoms with Crippen molar-refractivity contribution in [3.8, 4) is 0 Å². The monoisotopic (exact) mass is 420 g/mol. The second-order valence-corrected chi connectivity index (χ2v) is 10.4. The summed E-state index contributed by atoms with van der Waals surface area (Å²) >= 11 is 0. The van der Waals surface area contributed by atoms with Crippen molar-refractivity contribution in [2.24, 2.45) is 0 Å². The smallest absolute Gasteiger partial charge is 0.227 e. The number of aromatic nitrogens is 2. The number of rotatable bonds is 4. The van der Waals surface area contributed by atoms with Crippen molar-refractivity contribution >= 4 is 21.5 Å². The highest BCUT2D eigenvalue weighted by Gasteiger charge is 2.47. The lowest BCUT2D eigenvalue weighted by molar-refractivity contribution is 0.326. The molecule has 2 aliphatic rings. The average molecular weight is 421 g/mol. The molecule has 154 valence electrons. The maximum Gasteiger partial charge on any atom is 0.227 e. The van der Waals surface area contributed by atoms with Gasteiger partial charge in [-0.1, -0.05) is 48.0 Å².